The maximum Gasteiger partial charge on any atom is 0.355 e. The minimum atomic E-state index is -0.628. The van der Waals surface area contributed by atoms with Crippen LogP contribution in [0.15, 0.2) is 29.8 Å². The molecular weight excluding hydrogens is 360 g/mol. The highest BCUT2D eigenvalue weighted by molar-refractivity contribution is 7.98. The van der Waals surface area contributed by atoms with E-state index in [1.54, 1.807) is 36.3 Å². The van der Waals surface area contributed by atoms with Gasteiger partial charge in [-0.25, -0.2) is 4.79 Å². The lowest BCUT2D eigenvalue weighted by atomic mass is 10.2. The second-order valence-corrected chi connectivity index (χ2v) is 7.48. The normalized spacial score (nSPS) is 10.5. The summed E-state index contributed by atoms with van der Waals surface area (Å²) in [5.74, 6) is 0.613. The first-order valence-electron chi connectivity index (χ1n) is 7.68. The lowest BCUT2D eigenvalue weighted by Gasteiger charge is -2.07. The molecule has 0 radical (unpaired) electrons. The zero-order chi connectivity index (χ0) is 18.2. The van der Waals surface area contributed by atoms with Crippen LogP contribution < -0.4 is 5.32 Å². The zero-order valence-electron chi connectivity index (χ0n) is 14.1. The average Bonchev–Trinajstić information content (AvgIpc) is 3.21. The van der Waals surface area contributed by atoms with Crippen LogP contribution >= 0.6 is 23.1 Å². The third kappa shape index (κ3) is 6.06. The van der Waals surface area contributed by atoms with Gasteiger partial charge < -0.3 is 14.6 Å². The Balaban J connectivity index is 1.65. The molecule has 134 valence electrons. The van der Waals surface area contributed by atoms with Gasteiger partial charge in [-0.3, -0.25) is 9.59 Å². The van der Waals surface area contributed by atoms with Gasteiger partial charge in [-0.1, -0.05) is 6.07 Å². The van der Waals surface area contributed by atoms with Crippen molar-refractivity contribution in [1.82, 2.24) is 9.88 Å². The van der Waals surface area contributed by atoms with Crippen LogP contribution in [0.2, 0.25) is 0 Å². The maximum atomic E-state index is 12.0. The first-order chi connectivity index (χ1) is 12.0. The van der Waals surface area contributed by atoms with Crippen molar-refractivity contribution in [3.05, 3.63) is 45.9 Å². The van der Waals surface area contributed by atoms with E-state index in [4.69, 9.17) is 4.74 Å². The Morgan fingerprint density at radius 3 is 2.80 bits per heavy atom. The largest absolute Gasteiger partial charge is 0.451 e. The van der Waals surface area contributed by atoms with E-state index in [1.165, 1.54) is 22.4 Å². The number of nitrogens with zero attached hydrogens (tertiary/aromatic N) is 1. The van der Waals surface area contributed by atoms with Crippen molar-refractivity contribution >= 4 is 40.8 Å². The topological polar surface area (TPSA) is 77.4 Å². The molecule has 1 N–H and O–H groups in total. The molecule has 2 aromatic heterocycles. The molecule has 8 heteroatoms. The number of hydrogen-bond donors (Lipinski definition) is 1. The van der Waals surface area contributed by atoms with Gasteiger partial charge in [0.1, 0.15) is 5.69 Å². The highest BCUT2D eigenvalue weighted by Gasteiger charge is 2.16. The Kier molecular flexibility index (Phi) is 7.27. The summed E-state index contributed by atoms with van der Waals surface area (Å²) in [7, 11) is 1.65. The second kappa shape index (κ2) is 9.43. The van der Waals surface area contributed by atoms with E-state index in [1.807, 2.05) is 11.4 Å². The molecule has 0 fully saturated rings. The van der Waals surface area contributed by atoms with E-state index in [0.29, 0.717) is 12.1 Å². The van der Waals surface area contributed by atoms with E-state index < -0.39 is 5.97 Å². The molecule has 0 atom stereocenters. The summed E-state index contributed by atoms with van der Waals surface area (Å²) in [5.41, 5.74) is 0.672. The molecule has 0 saturated heterocycles. The number of esters is 1. The number of hydrogen-bond acceptors (Lipinski definition) is 6. The summed E-state index contributed by atoms with van der Waals surface area (Å²) >= 11 is 3.45. The highest BCUT2D eigenvalue weighted by atomic mass is 32.2. The van der Waals surface area contributed by atoms with Crippen molar-refractivity contribution in [2.24, 2.45) is 7.05 Å². The molecule has 0 unspecified atom stereocenters. The van der Waals surface area contributed by atoms with Crippen molar-refractivity contribution in [3.63, 3.8) is 0 Å². The predicted octanol–water partition coefficient (Wildman–Crippen LogP) is 2.50. The van der Waals surface area contributed by atoms with Gasteiger partial charge in [0, 0.05) is 41.7 Å². The van der Waals surface area contributed by atoms with Crippen LogP contribution in [0.4, 0.5) is 0 Å². The zero-order valence-corrected chi connectivity index (χ0v) is 15.7. The van der Waals surface area contributed by atoms with Crippen molar-refractivity contribution < 1.29 is 19.1 Å². The number of amides is 1. The SMILES string of the molecule is CC(=O)c1cc(C(=O)OCC(=O)NCCSCc2cccs2)n(C)c1. The first-order valence-corrected chi connectivity index (χ1v) is 9.72. The average molecular weight is 380 g/mol. The van der Waals surface area contributed by atoms with Gasteiger partial charge in [-0.05, 0) is 24.4 Å². The number of thioether (sulfide) groups is 1. The summed E-state index contributed by atoms with van der Waals surface area (Å²) in [4.78, 5) is 36.3. The Morgan fingerprint density at radius 2 is 2.16 bits per heavy atom. The fraction of sp³-hybridized carbons (Fsp3) is 0.353. The summed E-state index contributed by atoms with van der Waals surface area (Å²) < 4.78 is 6.50. The van der Waals surface area contributed by atoms with E-state index in [2.05, 4.69) is 11.4 Å². The van der Waals surface area contributed by atoms with E-state index in [-0.39, 0.29) is 24.0 Å². The molecule has 2 heterocycles. The summed E-state index contributed by atoms with van der Waals surface area (Å²) in [6.07, 6.45) is 1.56. The van der Waals surface area contributed by atoms with Gasteiger partial charge in [0.25, 0.3) is 5.91 Å². The number of carbonyl (C=O) groups excluding carboxylic acids is 3. The van der Waals surface area contributed by atoms with Gasteiger partial charge in [-0.2, -0.15) is 11.8 Å². The monoisotopic (exact) mass is 380 g/mol. The van der Waals surface area contributed by atoms with Gasteiger partial charge in [0.15, 0.2) is 12.4 Å². The van der Waals surface area contributed by atoms with Crippen LogP contribution in [0.25, 0.3) is 0 Å². The van der Waals surface area contributed by atoms with Crippen molar-refractivity contribution in [1.29, 1.82) is 0 Å². The molecule has 0 aliphatic heterocycles. The molecule has 0 aliphatic rings. The summed E-state index contributed by atoms with van der Waals surface area (Å²) in [5, 5.41) is 4.75. The number of rotatable bonds is 9. The molecular formula is C17H20N2O4S2. The van der Waals surface area contributed by atoms with E-state index >= 15 is 0 Å². The number of ketones is 1. The van der Waals surface area contributed by atoms with Crippen molar-refractivity contribution in [2.45, 2.75) is 12.7 Å². The van der Waals surface area contributed by atoms with Crippen LogP contribution in [-0.4, -0.2) is 41.1 Å². The molecule has 6 nitrogen and oxygen atoms in total. The minimum Gasteiger partial charge on any atom is -0.451 e. The minimum absolute atomic E-state index is 0.132. The Bertz CT molecular complexity index is 738. The number of nitrogens with one attached hydrogen (secondary N) is 1. The number of aryl methyl sites for hydroxylation is 1. The molecule has 2 aromatic rings. The molecule has 0 aromatic carbocycles. The highest BCUT2D eigenvalue weighted by Crippen LogP contribution is 2.16. The Morgan fingerprint density at radius 1 is 1.36 bits per heavy atom. The van der Waals surface area contributed by atoms with Gasteiger partial charge in [0.2, 0.25) is 0 Å². The van der Waals surface area contributed by atoms with E-state index in [0.717, 1.165) is 11.5 Å². The first kappa shape index (κ1) is 19.3. The predicted molar refractivity (Wildman–Crippen MR) is 99.2 cm³/mol. The third-order valence-electron chi connectivity index (χ3n) is 3.35. The van der Waals surface area contributed by atoms with Crippen molar-refractivity contribution in [2.75, 3.05) is 18.9 Å². The Labute approximate surface area is 154 Å². The lowest BCUT2D eigenvalue weighted by Crippen LogP contribution is -2.30. The Hall–Kier alpha value is -2.06. The number of carbonyl (C=O) groups is 3. The van der Waals surface area contributed by atoms with Crippen LogP contribution in [0.3, 0.4) is 0 Å². The molecule has 25 heavy (non-hydrogen) atoms. The number of thiophene rings is 1. The third-order valence-corrected chi connectivity index (χ3v) is 5.42. The van der Waals surface area contributed by atoms with Crippen LogP contribution in [0.5, 0.6) is 0 Å². The van der Waals surface area contributed by atoms with Crippen LogP contribution in [0.1, 0.15) is 32.6 Å². The fourth-order valence-corrected chi connectivity index (χ4v) is 3.75. The molecule has 2 rings (SSSR count). The van der Waals surface area contributed by atoms with Crippen LogP contribution in [-0.2, 0) is 22.3 Å². The van der Waals surface area contributed by atoms with Gasteiger partial charge in [0.05, 0.1) is 0 Å². The number of aromatic nitrogens is 1. The van der Waals surface area contributed by atoms with Crippen molar-refractivity contribution in [3.8, 4) is 0 Å². The standard InChI is InChI=1S/C17H20N2O4S2/c1-12(20)13-8-15(19(2)9-13)17(22)23-10-16(21)18-5-7-24-11-14-4-3-6-25-14/h3-4,6,8-9H,5,7,10-11H2,1-2H3,(H,18,21). The lowest BCUT2D eigenvalue weighted by molar-refractivity contribution is -0.124. The van der Waals surface area contributed by atoms with Gasteiger partial charge in [-0.15, -0.1) is 11.3 Å². The smallest absolute Gasteiger partial charge is 0.355 e. The maximum absolute atomic E-state index is 12.0. The number of ether oxygens (including phenoxy) is 1. The summed E-state index contributed by atoms with van der Waals surface area (Å²) in [6.45, 7) is 1.61. The van der Waals surface area contributed by atoms with Crippen LogP contribution in [0, 0.1) is 0 Å². The second-order valence-electron chi connectivity index (χ2n) is 5.34. The summed E-state index contributed by atoms with van der Waals surface area (Å²) in [6, 6.07) is 5.56. The van der Waals surface area contributed by atoms with E-state index in [9.17, 15) is 14.4 Å². The molecule has 0 aliphatic carbocycles. The molecule has 0 saturated carbocycles. The molecule has 1 amide bonds. The molecule has 0 spiro atoms. The fourth-order valence-electron chi connectivity index (χ4n) is 2.05. The quantitative estimate of drug-likeness (QED) is 0.411. The molecule has 0 bridgehead atoms. The van der Waals surface area contributed by atoms with Gasteiger partial charge >= 0.3 is 5.97 Å². The number of Topliss-reactive ketones (excluding diaryl/α,β-unsaturated/α-hetero) is 1.